The molecular formula is C93H133N13O20. The summed E-state index contributed by atoms with van der Waals surface area (Å²) >= 11 is 0. The summed E-state index contributed by atoms with van der Waals surface area (Å²) in [6.07, 6.45) is 2.25. The number of phenolic OH excluding ortho intramolecular Hbond substituents is 2. The van der Waals surface area contributed by atoms with Crippen molar-refractivity contribution >= 4 is 88.8 Å². The third-order valence-corrected chi connectivity index (χ3v) is 23.4. The lowest BCUT2D eigenvalue weighted by Crippen LogP contribution is -2.63. The fourth-order valence-corrected chi connectivity index (χ4v) is 16.1. The Hall–Kier alpha value is -11.5. The Morgan fingerprint density at radius 2 is 0.960 bits per heavy atom. The quantitative estimate of drug-likeness (QED) is 0.0265. The summed E-state index contributed by atoms with van der Waals surface area (Å²) in [5.41, 5.74) is 1.08. The molecule has 1 fully saturated rings. The van der Waals surface area contributed by atoms with Crippen molar-refractivity contribution in [1.29, 1.82) is 0 Å². The predicted octanol–water partition coefficient (Wildman–Crippen LogP) is 6.56. The molecule has 13 amide bonds. The number of hydrogen-bond donors (Lipinski definition) is 9. The number of carbonyl (C=O) groups is 14. The maximum atomic E-state index is 15.6. The van der Waals surface area contributed by atoms with E-state index in [0.29, 0.717) is 27.8 Å². The summed E-state index contributed by atoms with van der Waals surface area (Å²) in [5, 5.41) is 49.8. The Morgan fingerprint density at radius 3 is 1.48 bits per heavy atom. The van der Waals surface area contributed by atoms with Gasteiger partial charge in [0, 0.05) is 102 Å². The normalized spacial score (nSPS) is 22.8. The van der Waals surface area contributed by atoms with Crippen molar-refractivity contribution in [3.63, 3.8) is 0 Å². The first-order chi connectivity index (χ1) is 59.1. The molecule has 0 bridgehead atoms. The van der Waals surface area contributed by atoms with Crippen LogP contribution in [0.4, 0.5) is 0 Å². The third kappa shape index (κ3) is 24.6. The average molecular weight is 1750 g/mol. The monoisotopic (exact) mass is 1750 g/mol. The first-order valence-corrected chi connectivity index (χ1v) is 43.5. The third-order valence-electron chi connectivity index (χ3n) is 23.4. The van der Waals surface area contributed by atoms with Crippen molar-refractivity contribution in [2.24, 2.45) is 41.4 Å². The highest BCUT2D eigenvalue weighted by Gasteiger charge is 2.55. The number of allylic oxidation sites excluding steroid dienone is 1. The van der Waals surface area contributed by atoms with Crippen LogP contribution in [-0.2, 0) is 67.8 Å². The molecule has 0 radical (unpaired) electrons. The highest BCUT2D eigenvalue weighted by molar-refractivity contribution is 6.03. The topological polar surface area (TPSA) is 422 Å². The molecule has 0 aromatic heterocycles. The number of carbonyl (C=O) groups excluding carboxylic acids is 14. The molecule has 3 aliphatic rings. The van der Waals surface area contributed by atoms with E-state index in [-0.39, 0.29) is 123 Å². The van der Waals surface area contributed by atoms with Crippen LogP contribution >= 0.6 is 0 Å². The molecule has 4 aromatic rings. The fourth-order valence-electron chi connectivity index (χ4n) is 16.1. The summed E-state index contributed by atoms with van der Waals surface area (Å²) in [7, 11) is 9.73. The zero-order valence-corrected chi connectivity index (χ0v) is 77.2. The SMILES string of the molecule is CC[C@@H]1NC(=O)[C@H]([C@H](O)[C@H](C)C/C=C/c2ccc(C(=O)NCCOCCNC(=O)c3ccc4c(c3)C(=O)OC43c4ccc(O)cc4Oc4cc(O)ccc43)cc2)N(C)C(=O)[C@H](C(C)C)N(C)C(=O)C(CC(C)C)N(C)C(=O)[C@H](CC(C)C)N(C)C(=O)[C@@H](C)NC(=O)C(C)NC(=O)[C@H](CC(C)C)N(C)C(=O)C(C(C)C)NC(=O)[C@H](CC(C)C)N(C)C(=O)CN(C)C1=O. The minimum Gasteiger partial charge on any atom is -0.508 e. The zero-order chi connectivity index (χ0) is 94.1. The van der Waals surface area contributed by atoms with Gasteiger partial charge in [-0.3, -0.25) is 62.3 Å². The smallest absolute Gasteiger partial charge is 0.340 e. The second-order valence-corrected chi connectivity index (χ2v) is 36.0. The lowest BCUT2D eigenvalue weighted by atomic mass is 9.77. The van der Waals surface area contributed by atoms with E-state index in [0.717, 1.165) is 9.80 Å². The minimum absolute atomic E-state index is 0.0589. The Labute approximate surface area is 740 Å². The lowest BCUT2D eigenvalue weighted by molar-refractivity contribution is -0.157. The molecule has 0 aliphatic carbocycles. The van der Waals surface area contributed by atoms with E-state index in [2.05, 4.69) is 31.9 Å². The Balaban J connectivity index is 1.09. The van der Waals surface area contributed by atoms with Gasteiger partial charge in [-0.2, -0.15) is 0 Å². The van der Waals surface area contributed by atoms with Gasteiger partial charge >= 0.3 is 5.97 Å². The minimum atomic E-state index is -1.77. The van der Waals surface area contributed by atoms with Crippen LogP contribution in [0.2, 0.25) is 0 Å². The number of ether oxygens (including phenoxy) is 3. The molecule has 690 valence electrons. The Bertz CT molecular complexity index is 4590. The number of fused-ring (bicyclic) bond motifs is 6. The van der Waals surface area contributed by atoms with E-state index in [1.165, 1.54) is 118 Å². The maximum absolute atomic E-state index is 15.6. The molecule has 33 heteroatoms. The van der Waals surface area contributed by atoms with Crippen molar-refractivity contribution < 1.29 is 96.7 Å². The molecule has 9 N–H and O–H groups in total. The first kappa shape index (κ1) is 102. The average Bonchev–Trinajstić information content (AvgIpc) is 1.53. The van der Waals surface area contributed by atoms with Gasteiger partial charge in [0.2, 0.25) is 65.0 Å². The largest absolute Gasteiger partial charge is 0.508 e. The van der Waals surface area contributed by atoms with Crippen molar-refractivity contribution in [2.45, 2.75) is 221 Å². The molecule has 3 aliphatic heterocycles. The Kier molecular flexibility index (Phi) is 36.0. The highest BCUT2D eigenvalue weighted by atomic mass is 16.6. The van der Waals surface area contributed by atoms with Gasteiger partial charge in [-0.15, -0.1) is 0 Å². The molecule has 126 heavy (non-hydrogen) atoms. The van der Waals surface area contributed by atoms with E-state index < -0.39 is 179 Å². The number of aromatic hydroxyl groups is 2. The molecule has 3 heterocycles. The molecule has 4 aromatic carbocycles. The van der Waals surface area contributed by atoms with Crippen LogP contribution in [0.15, 0.2) is 84.9 Å². The number of nitrogens with one attached hydrogen (secondary N) is 6. The standard InChI is InChI=1S/C93H133N13O20/c1-24-68-87(118)100(17)49-75(109)101(18)69(42-50(2)3)84(115)99-76(54(10)11)90(121)102(19)70(43-51(4)5)83(114)96-57(15)80(111)97-58(16)86(117)103(20)71(44-52(6)7)88(119)104(21)72(45-53(8)9)89(120)105(22)77(55(12)13)91(122)106(23)78(85(116)98-68)79(110)56(14)26-25-27-59-28-30-60(31-29-59)81(112)94-38-40-124-41-39-95-82(113)61-32-35-65-64(46-61)92(123)126-93(65)66-36-33-62(107)47-73(66)125-74-48-63(108)34-37-67(74)93/h25,27-37,46-48,50-58,68-72,76-79,107-108,110H,24,26,38-45,49H2,1-23H3,(H,94,112)(H,95,113)(H,96,114)(H,97,111)(H,98,116)(H,99,115)/b27-25+/t56-,57?,58-,68+,69+,70+,71+,72?,76?,77+,78+,79-/m1/s1. The van der Waals surface area contributed by atoms with E-state index in [9.17, 15) is 63.3 Å². The van der Waals surface area contributed by atoms with Gasteiger partial charge in [0.15, 0.2) is 5.60 Å². The van der Waals surface area contributed by atoms with Crippen LogP contribution in [-0.4, -0.2) is 281 Å². The van der Waals surface area contributed by atoms with Crippen LogP contribution in [0.5, 0.6) is 23.0 Å². The number of aliphatic hydroxyl groups excluding tert-OH is 1. The van der Waals surface area contributed by atoms with Gasteiger partial charge in [0.05, 0.1) is 31.4 Å². The molecule has 1 saturated heterocycles. The van der Waals surface area contributed by atoms with Gasteiger partial charge in [-0.1, -0.05) is 127 Å². The summed E-state index contributed by atoms with van der Waals surface area (Å²) < 4.78 is 17.9. The summed E-state index contributed by atoms with van der Waals surface area (Å²) in [4.78, 5) is 212. The van der Waals surface area contributed by atoms with E-state index in [1.54, 1.807) is 102 Å². The highest BCUT2D eigenvalue weighted by Crippen LogP contribution is 2.57. The van der Waals surface area contributed by atoms with Crippen LogP contribution in [0.25, 0.3) is 6.08 Å². The van der Waals surface area contributed by atoms with Crippen LogP contribution in [0.1, 0.15) is 203 Å². The van der Waals surface area contributed by atoms with Crippen LogP contribution < -0.4 is 36.6 Å². The van der Waals surface area contributed by atoms with Crippen molar-refractivity contribution in [3.05, 3.63) is 124 Å². The number of benzene rings is 4. The van der Waals surface area contributed by atoms with Gasteiger partial charge in [-0.25, -0.2) is 4.79 Å². The summed E-state index contributed by atoms with van der Waals surface area (Å²) in [6.45, 7) is 27.4. The second kappa shape index (κ2) is 44.6. The number of likely N-dealkylation sites (N-methyl/N-ethyl adjacent to an activating group) is 7. The number of amides is 13. The van der Waals surface area contributed by atoms with Crippen molar-refractivity contribution in [1.82, 2.24) is 66.2 Å². The van der Waals surface area contributed by atoms with E-state index >= 15 is 19.2 Å². The molecule has 3 unspecified atom stereocenters. The molecule has 12 atom stereocenters. The summed E-state index contributed by atoms with van der Waals surface area (Å²) in [5.74, 6) is -12.2. The molecule has 1 spiro atoms. The second-order valence-electron chi connectivity index (χ2n) is 36.0. The van der Waals surface area contributed by atoms with Gasteiger partial charge < -0.3 is 95.7 Å². The predicted molar refractivity (Wildman–Crippen MR) is 473 cm³/mol. The fraction of sp³-hybridized carbons (Fsp3) is 0.570. The summed E-state index contributed by atoms with van der Waals surface area (Å²) in [6, 6.07) is 6.94. The molecule has 0 saturated carbocycles. The van der Waals surface area contributed by atoms with Gasteiger partial charge in [0.1, 0.15) is 83.4 Å². The van der Waals surface area contributed by atoms with E-state index in [1.807, 2.05) is 55.4 Å². The van der Waals surface area contributed by atoms with Crippen molar-refractivity contribution in [3.8, 4) is 23.0 Å². The van der Waals surface area contributed by atoms with Crippen LogP contribution in [0.3, 0.4) is 0 Å². The van der Waals surface area contributed by atoms with Gasteiger partial charge in [-0.05, 0) is 148 Å². The number of esters is 1. The molecule has 7 rings (SSSR count). The number of phenols is 2. The van der Waals surface area contributed by atoms with E-state index in [4.69, 9.17) is 14.2 Å². The molecule has 33 nitrogen and oxygen atoms in total. The number of aliphatic hydroxyl groups is 1. The first-order valence-electron chi connectivity index (χ1n) is 43.5. The number of hydrogen-bond acceptors (Lipinski definition) is 20. The van der Waals surface area contributed by atoms with Crippen molar-refractivity contribution in [2.75, 3.05) is 82.2 Å². The lowest BCUT2D eigenvalue weighted by Gasteiger charge is -2.41. The zero-order valence-electron chi connectivity index (χ0n) is 77.2. The van der Waals surface area contributed by atoms with Crippen LogP contribution in [0, 0.1) is 41.4 Å². The molecular weight excluding hydrogens is 1620 g/mol. The number of nitrogens with zero attached hydrogens (tertiary/aromatic N) is 7. The maximum Gasteiger partial charge on any atom is 0.340 e. The van der Waals surface area contributed by atoms with Gasteiger partial charge in [0.25, 0.3) is 11.8 Å². The number of rotatable bonds is 24. The Morgan fingerprint density at radius 1 is 0.500 bits per heavy atom.